The second-order valence-electron chi connectivity index (χ2n) is 10.5. The molecule has 5 rings (SSSR count). The highest BCUT2D eigenvalue weighted by Crippen LogP contribution is 2.39. The summed E-state index contributed by atoms with van der Waals surface area (Å²) in [6.07, 6.45) is 3.32. The fourth-order valence-corrected chi connectivity index (χ4v) is 5.70. The quantitative estimate of drug-likeness (QED) is 0.316. The molecule has 2 heterocycles. The molecule has 1 saturated heterocycles. The predicted octanol–water partition coefficient (Wildman–Crippen LogP) is 6.41. The van der Waals surface area contributed by atoms with Gasteiger partial charge >= 0.3 is 0 Å². The molecule has 0 aliphatic carbocycles. The third kappa shape index (κ3) is 5.13. The lowest BCUT2D eigenvalue weighted by atomic mass is 9.83. The van der Waals surface area contributed by atoms with E-state index in [9.17, 15) is 14.0 Å². The molecule has 2 atom stereocenters. The van der Waals surface area contributed by atoms with E-state index >= 15 is 0 Å². The van der Waals surface area contributed by atoms with Gasteiger partial charge in [0, 0.05) is 44.8 Å². The van der Waals surface area contributed by atoms with Crippen LogP contribution in [0.5, 0.6) is 0 Å². The Labute approximate surface area is 229 Å². The number of aryl methyl sites for hydroxylation is 2. The summed E-state index contributed by atoms with van der Waals surface area (Å²) in [5.74, 6) is -1.56. The first kappa shape index (κ1) is 26.5. The second-order valence-corrected chi connectivity index (χ2v) is 10.5. The summed E-state index contributed by atoms with van der Waals surface area (Å²) in [7, 11) is 3.93. The number of halogens is 1. The number of fused-ring (bicyclic) bond motifs is 1. The number of anilines is 2. The van der Waals surface area contributed by atoms with E-state index in [2.05, 4.69) is 22.9 Å². The number of piperidine rings is 1. The van der Waals surface area contributed by atoms with E-state index in [-0.39, 0.29) is 17.4 Å². The van der Waals surface area contributed by atoms with Crippen LogP contribution >= 0.6 is 0 Å². The minimum atomic E-state index is -0.541. The van der Waals surface area contributed by atoms with Gasteiger partial charge in [0.05, 0.1) is 23.0 Å². The van der Waals surface area contributed by atoms with Crippen LogP contribution in [0.15, 0.2) is 72.9 Å². The van der Waals surface area contributed by atoms with Gasteiger partial charge in [0.2, 0.25) is 5.91 Å². The standard InChI is InChI=1S/C32H35FN4O2/c1-5-36-19-17-22-11-14-24(20-28(22)36)34-31(38)26-9-7-18-37(32(39)29-21(2)8-6-10-27(29)33)30(26)23-12-15-25(16-13-23)35(3)4/h6,8,10-17,19-20,26,30H,5,7,9,18H2,1-4H3,(H,34,38). The molecule has 0 radical (unpaired) electrons. The van der Waals surface area contributed by atoms with Gasteiger partial charge in [-0.1, -0.05) is 30.3 Å². The van der Waals surface area contributed by atoms with Crippen LogP contribution in [0.4, 0.5) is 15.8 Å². The number of nitrogens with one attached hydrogen (secondary N) is 1. The van der Waals surface area contributed by atoms with E-state index in [4.69, 9.17) is 0 Å². The Kier molecular flexibility index (Phi) is 7.42. The molecule has 2 unspecified atom stereocenters. The number of hydrogen-bond acceptors (Lipinski definition) is 3. The first-order valence-corrected chi connectivity index (χ1v) is 13.5. The maximum absolute atomic E-state index is 14.9. The zero-order chi connectivity index (χ0) is 27.7. The number of hydrogen-bond donors (Lipinski definition) is 1. The van der Waals surface area contributed by atoms with Gasteiger partial charge in [0.25, 0.3) is 5.91 Å². The maximum Gasteiger partial charge on any atom is 0.257 e. The Morgan fingerprint density at radius 2 is 1.82 bits per heavy atom. The Morgan fingerprint density at radius 3 is 2.51 bits per heavy atom. The van der Waals surface area contributed by atoms with E-state index in [1.807, 2.05) is 67.7 Å². The van der Waals surface area contributed by atoms with Crippen molar-refractivity contribution in [2.75, 3.05) is 30.9 Å². The highest BCUT2D eigenvalue weighted by Gasteiger charge is 2.40. The maximum atomic E-state index is 14.9. The third-order valence-corrected chi connectivity index (χ3v) is 7.80. The molecular weight excluding hydrogens is 491 g/mol. The summed E-state index contributed by atoms with van der Waals surface area (Å²) in [5, 5.41) is 4.24. The number of carbonyl (C=O) groups is 2. The molecule has 0 bridgehead atoms. The molecule has 1 aliphatic rings. The molecule has 1 aliphatic heterocycles. The molecule has 202 valence electrons. The summed E-state index contributed by atoms with van der Waals surface area (Å²) in [6, 6.07) is 20.0. The van der Waals surface area contributed by atoms with Crippen LogP contribution in [0.3, 0.4) is 0 Å². The number of nitrogens with zero attached hydrogens (tertiary/aromatic N) is 3. The monoisotopic (exact) mass is 526 g/mol. The van der Waals surface area contributed by atoms with Crippen LogP contribution in [-0.4, -0.2) is 41.9 Å². The molecule has 1 fully saturated rings. The predicted molar refractivity (Wildman–Crippen MR) is 155 cm³/mol. The van der Waals surface area contributed by atoms with Gasteiger partial charge < -0.3 is 19.7 Å². The van der Waals surface area contributed by atoms with Gasteiger partial charge in [-0.25, -0.2) is 4.39 Å². The van der Waals surface area contributed by atoms with Crippen LogP contribution in [0.25, 0.3) is 10.9 Å². The van der Waals surface area contributed by atoms with Crippen molar-refractivity contribution >= 4 is 34.1 Å². The van der Waals surface area contributed by atoms with Gasteiger partial charge in [-0.15, -0.1) is 0 Å². The topological polar surface area (TPSA) is 57.6 Å². The van der Waals surface area contributed by atoms with Gasteiger partial charge in [-0.05, 0) is 79.6 Å². The molecule has 6 nitrogen and oxygen atoms in total. The summed E-state index contributed by atoms with van der Waals surface area (Å²) in [6.45, 7) is 5.11. The lowest BCUT2D eigenvalue weighted by Crippen LogP contribution is -2.46. The first-order chi connectivity index (χ1) is 18.8. The Morgan fingerprint density at radius 1 is 1.05 bits per heavy atom. The van der Waals surface area contributed by atoms with E-state index in [1.165, 1.54) is 6.07 Å². The molecular formula is C32H35FN4O2. The third-order valence-electron chi connectivity index (χ3n) is 7.80. The summed E-state index contributed by atoms with van der Waals surface area (Å²) in [4.78, 5) is 31.4. The van der Waals surface area contributed by atoms with Gasteiger partial charge in [0.1, 0.15) is 5.82 Å². The number of carbonyl (C=O) groups excluding carboxylic acids is 2. The fourth-order valence-electron chi connectivity index (χ4n) is 5.70. The molecule has 39 heavy (non-hydrogen) atoms. The summed E-state index contributed by atoms with van der Waals surface area (Å²) < 4.78 is 17.0. The van der Waals surface area contributed by atoms with Gasteiger partial charge in [-0.2, -0.15) is 0 Å². The Balaban J connectivity index is 1.51. The average molecular weight is 527 g/mol. The van der Waals surface area contributed by atoms with Crippen molar-refractivity contribution in [1.29, 1.82) is 0 Å². The van der Waals surface area contributed by atoms with E-state index in [0.29, 0.717) is 24.9 Å². The van der Waals surface area contributed by atoms with Gasteiger partial charge in [0.15, 0.2) is 0 Å². The molecule has 1 N–H and O–H groups in total. The number of likely N-dealkylation sites (tertiary alicyclic amines) is 1. The minimum absolute atomic E-state index is 0.0687. The van der Waals surface area contributed by atoms with Crippen molar-refractivity contribution in [3.8, 4) is 0 Å². The molecule has 0 saturated carbocycles. The smallest absolute Gasteiger partial charge is 0.257 e. The SMILES string of the molecule is CCn1ccc2ccc(NC(=O)C3CCCN(C(=O)c4c(C)cccc4F)C3c3ccc(N(C)C)cc3)cc21. The van der Waals surface area contributed by atoms with Crippen molar-refractivity contribution in [2.24, 2.45) is 5.92 Å². The van der Waals surface area contributed by atoms with Crippen molar-refractivity contribution in [2.45, 2.75) is 39.3 Å². The Hall–Kier alpha value is -4.13. The van der Waals surface area contributed by atoms with Crippen LogP contribution in [0.2, 0.25) is 0 Å². The zero-order valence-corrected chi connectivity index (χ0v) is 22.9. The molecule has 7 heteroatoms. The van der Waals surface area contributed by atoms with Crippen LogP contribution in [-0.2, 0) is 11.3 Å². The zero-order valence-electron chi connectivity index (χ0n) is 22.9. The lowest BCUT2D eigenvalue weighted by Gasteiger charge is -2.41. The highest BCUT2D eigenvalue weighted by molar-refractivity contribution is 5.99. The molecule has 0 spiro atoms. The molecule has 2 amide bonds. The van der Waals surface area contributed by atoms with Crippen LogP contribution < -0.4 is 10.2 Å². The largest absolute Gasteiger partial charge is 0.378 e. The van der Waals surface area contributed by atoms with E-state index in [1.54, 1.807) is 24.0 Å². The number of aromatic nitrogens is 1. The number of rotatable bonds is 6. The first-order valence-electron chi connectivity index (χ1n) is 13.5. The fraction of sp³-hybridized carbons (Fsp3) is 0.312. The minimum Gasteiger partial charge on any atom is -0.378 e. The second kappa shape index (κ2) is 10.9. The number of benzene rings is 3. The summed E-state index contributed by atoms with van der Waals surface area (Å²) >= 11 is 0. The van der Waals surface area contributed by atoms with E-state index in [0.717, 1.165) is 34.4 Å². The summed E-state index contributed by atoms with van der Waals surface area (Å²) in [5.41, 5.74) is 4.31. The lowest BCUT2D eigenvalue weighted by molar-refractivity contribution is -0.123. The Bertz CT molecular complexity index is 1490. The van der Waals surface area contributed by atoms with E-state index < -0.39 is 17.8 Å². The van der Waals surface area contributed by atoms with Crippen molar-refractivity contribution < 1.29 is 14.0 Å². The molecule has 1 aromatic heterocycles. The molecule has 4 aromatic rings. The van der Waals surface area contributed by atoms with Crippen LogP contribution in [0, 0.1) is 18.7 Å². The average Bonchev–Trinajstić information content (AvgIpc) is 3.35. The molecule has 3 aromatic carbocycles. The van der Waals surface area contributed by atoms with Gasteiger partial charge in [-0.3, -0.25) is 9.59 Å². The van der Waals surface area contributed by atoms with Crippen molar-refractivity contribution in [3.05, 3.63) is 95.4 Å². The highest BCUT2D eigenvalue weighted by atomic mass is 19.1. The van der Waals surface area contributed by atoms with Crippen molar-refractivity contribution in [1.82, 2.24) is 9.47 Å². The van der Waals surface area contributed by atoms with Crippen LogP contribution in [0.1, 0.15) is 47.3 Å². The number of amides is 2. The van der Waals surface area contributed by atoms with Crippen molar-refractivity contribution in [3.63, 3.8) is 0 Å². The normalized spacial score (nSPS) is 17.3.